The summed E-state index contributed by atoms with van der Waals surface area (Å²) >= 11 is 6.62. The Labute approximate surface area is 231 Å². The minimum atomic E-state index is -4.61. The van der Waals surface area contributed by atoms with Crippen molar-refractivity contribution in [3.05, 3.63) is 46.6 Å². The highest BCUT2D eigenvalue weighted by Crippen LogP contribution is 2.38. The van der Waals surface area contributed by atoms with E-state index in [1.807, 2.05) is 11.9 Å². The fraction of sp³-hybridized carbons (Fsp3) is 0.519. The van der Waals surface area contributed by atoms with Gasteiger partial charge in [-0.2, -0.15) is 13.2 Å². The van der Waals surface area contributed by atoms with Crippen LogP contribution in [0.5, 0.6) is 0 Å². The molecule has 0 saturated carbocycles. The van der Waals surface area contributed by atoms with Crippen LogP contribution in [0.15, 0.2) is 30.3 Å². The molecule has 3 heterocycles. The number of amides is 2. The van der Waals surface area contributed by atoms with E-state index in [9.17, 15) is 22.8 Å². The molecule has 0 radical (unpaired) electrons. The van der Waals surface area contributed by atoms with E-state index >= 15 is 0 Å². The second-order valence-corrected chi connectivity index (χ2v) is 10.6. The van der Waals surface area contributed by atoms with Crippen molar-refractivity contribution < 1.29 is 22.8 Å². The van der Waals surface area contributed by atoms with Crippen molar-refractivity contribution in [1.82, 2.24) is 15.2 Å². The number of carbonyl (C=O) groups excluding carboxylic acids is 2. The number of anilines is 3. The zero-order valence-corrected chi connectivity index (χ0v) is 23.3. The van der Waals surface area contributed by atoms with E-state index in [4.69, 9.17) is 11.6 Å². The van der Waals surface area contributed by atoms with Crippen LogP contribution in [-0.4, -0.2) is 80.6 Å². The molecule has 0 bridgehead atoms. The molecule has 2 aliphatic rings. The zero-order chi connectivity index (χ0) is 28.5. The van der Waals surface area contributed by atoms with Gasteiger partial charge in [0.05, 0.1) is 22.0 Å². The third-order valence-corrected chi connectivity index (χ3v) is 7.72. The van der Waals surface area contributed by atoms with Crippen LogP contribution in [0.25, 0.3) is 0 Å². The molecule has 2 saturated heterocycles. The number of nitrogens with zero attached hydrogens (tertiary/aromatic N) is 5. The first kappa shape index (κ1) is 29.1. The zero-order valence-electron chi connectivity index (χ0n) is 22.6. The lowest BCUT2D eigenvalue weighted by Crippen LogP contribution is -2.51. The van der Waals surface area contributed by atoms with E-state index < -0.39 is 29.6 Å². The molecule has 1 unspecified atom stereocenters. The lowest BCUT2D eigenvalue weighted by Gasteiger charge is -2.36. The first-order valence-corrected chi connectivity index (χ1v) is 13.4. The smallest absolute Gasteiger partial charge is 0.370 e. The number of halogens is 4. The summed E-state index contributed by atoms with van der Waals surface area (Å²) in [7, 11) is 3.51. The summed E-state index contributed by atoms with van der Waals surface area (Å²) in [6.07, 6.45) is -4.40. The van der Waals surface area contributed by atoms with Gasteiger partial charge in [0.25, 0.3) is 0 Å². The maximum Gasteiger partial charge on any atom is 0.416 e. The molecule has 1 aromatic carbocycles. The third-order valence-electron chi connectivity index (χ3n) is 7.41. The molecule has 1 aromatic heterocycles. The van der Waals surface area contributed by atoms with Crippen molar-refractivity contribution in [3.8, 4) is 0 Å². The van der Waals surface area contributed by atoms with E-state index in [0.717, 1.165) is 43.2 Å². The molecular formula is C27H34ClF3N6O2. The monoisotopic (exact) mass is 566 g/mol. The summed E-state index contributed by atoms with van der Waals surface area (Å²) in [5.41, 5.74) is 0.413. The van der Waals surface area contributed by atoms with Crippen LogP contribution in [0.4, 0.5) is 30.4 Å². The average Bonchev–Trinajstić information content (AvgIpc) is 3.27. The molecule has 4 rings (SSSR count). The number of para-hydroxylation sites is 1. The van der Waals surface area contributed by atoms with Crippen LogP contribution in [0, 0.1) is 6.92 Å². The SMILES string of the molecule is Cc1cc(C(F)(F)F)cc(N2C(=O)CCC2C(=O)N(C)c2cccc(Cl)c2N(C)CCN2CCNC[C@@H]2C)n1. The highest BCUT2D eigenvalue weighted by Gasteiger charge is 2.41. The molecule has 2 atom stereocenters. The Kier molecular flexibility index (Phi) is 8.72. The molecular weight excluding hydrogens is 533 g/mol. The average molecular weight is 567 g/mol. The maximum atomic E-state index is 13.8. The molecule has 8 nitrogen and oxygen atoms in total. The van der Waals surface area contributed by atoms with Gasteiger partial charge in [-0.05, 0) is 44.5 Å². The van der Waals surface area contributed by atoms with Crippen LogP contribution >= 0.6 is 11.6 Å². The van der Waals surface area contributed by atoms with Gasteiger partial charge in [0.2, 0.25) is 11.8 Å². The highest BCUT2D eigenvalue weighted by molar-refractivity contribution is 6.34. The summed E-state index contributed by atoms with van der Waals surface area (Å²) in [5.74, 6) is -1.04. The Morgan fingerprint density at radius 2 is 2.00 bits per heavy atom. The topological polar surface area (TPSA) is 72.0 Å². The van der Waals surface area contributed by atoms with Gasteiger partial charge in [-0.25, -0.2) is 4.98 Å². The lowest BCUT2D eigenvalue weighted by molar-refractivity contribution is -0.137. The van der Waals surface area contributed by atoms with Crippen molar-refractivity contribution in [2.75, 3.05) is 61.5 Å². The second kappa shape index (κ2) is 11.7. The summed E-state index contributed by atoms with van der Waals surface area (Å²) in [4.78, 5) is 37.7. The Balaban J connectivity index is 1.59. The van der Waals surface area contributed by atoms with E-state index in [-0.39, 0.29) is 24.4 Å². The van der Waals surface area contributed by atoms with E-state index in [1.165, 1.54) is 11.8 Å². The highest BCUT2D eigenvalue weighted by atomic mass is 35.5. The van der Waals surface area contributed by atoms with Gasteiger partial charge in [0.15, 0.2) is 0 Å². The lowest BCUT2D eigenvalue weighted by atomic mass is 10.1. The number of piperazine rings is 1. The number of hydrogen-bond donors (Lipinski definition) is 1. The molecule has 212 valence electrons. The Bertz CT molecular complexity index is 1230. The Morgan fingerprint density at radius 3 is 2.69 bits per heavy atom. The molecule has 0 spiro atoms. The number of nitrogens with one attached hydrogen (secondary N) is 1. The van der Waals surface area contributed by atoms with E-state index in [1.54, 1.807) is 25.2 Å². The third kappa shape index (κ3) is 6.31. The molecule has 2 amide bonds. The normalized spacial score (nSPS) is 20.4. The summed E-state index contributed by atoms with van der Waals surface area (Å²) in [6.45, 7) is 7.89. The van der Waals surface area contributed by atoms with Crippen molar-refractivity contribution in [2.24, 2.45) is 0 Å². The maximum absolute atomic E-state index is 13.8. The molecule has 2 fully saturated rings. The fourth-order valence-electron chi connectivity index (χ4n) is 5.24. The number of carbonyl (C=O) groups is 2. The van der Waals surface area contributed by atoms with Crippen LogP contribution in [0.3, 0.4) is 0 Å². The first-order chi connectivity index (χ1) is 18.4. The van der Waals surface area contributed by atoms with Crippen LogP contribution < -0.4 is 20.0 Å². The van der Waals surface area contributed by atoms with Crippen molar-refractivity contribution in [2.45, 2.75) is 44.9 Å². The van der Waals surface area contributed by atoms with Crippen molar-refractivity contribution in [3.63, 3.8) is 0 Å². The van der Waals surface area contributed by atoms with Gasteiger partial charge in [-0.15, -0.1) is 0 Å². The minimum Gasteiger partial charge on any atom is -0.370 e. The summed E-state index contributed by atoms with van der Waals surface area (Å²) < 4.78 is 40.4. The Morgan fingerprint density at radius 1 is 1.26 bits per heavy atom. The number of aryl methyl sites for hydroxylation is 1. The largest absolute Gasteiger partial charge is 0.416 e. The predicted octanol–water partition coefficient (Wildman–Crippen LogP) is 3.95. The van der Waals surface area contributed by atoms with Crippen LogP contribution in [-0.2, 0) is 15.8 Å². The Hall–Kier alpha value is -2.89. The molecule has 0 aliphatic carbocycles. The number of aromatic nitrogens is 1. The molecule has 12 heteroatoms. The van der Waals surface area contributed by atoms with E-state index in [0.29, 0.717) is 29.0 Å². The van der Waals surface area contributed by atoms with Gasteiger partial charge in [-0.1, -0.05) is 17.7 Å². The fourth-order valence-corrected chi connectivity index (χ4v) is 5.56. The van der Waals surface area contributed by atoms with Crippen LogP contribution in [0.2, 0.25) is 5.02 Å². The van der Waals surface area contributed by atoms with E-state index in [2.05, 4.69) is 22.1 Å². The molecule has 39 heavy (non-hydrogen) atoms. The second-order valence-electron chi connectivity index (χ2n) is 10.2. The molecule has 2 aliphatic heterocycles. The molecule has 1 N–H and O–H groups in total. The van der Waals surface area contributed by atoms with Crippen LogP contribution in [0.1, 0.15) is 31.0 Å². The minimum absolute atomic E-state index is 0.0341. The number of hydrogen-bond acceptors (Lipinski definition) is 6. The number of benzene rings is 1. The van der Waals surface area contributed by atoms with Gasteiger partial charge < -0.3 is 15.1 Å². The first-order valence-electron chi connectivity index (χ1n) is 13.0. The quantitative estimate of drug-likeness (QED) is 0.547. The van der Waals surface area contributed by atoms with Gasteiger partial charge in [0.1, 0.15) is 11.9 Å². The standard InChI is InChI=1S/C27H34ClF3N6O2/c1-17-14-19(27(29,30)31)15-23(33-17)37-22(8-9-24(37)38)26(39)35(4)21-7-5-6-20(28)25(21)34(3)12-13-36-11-10-32-16-18(36)2/h5-7,14-15,18,22,32H,8-13,16H2,1-4H3/t18-,22?/m0/s1. The molecule has 2 aromatic rings. The number of rotatable bonds is 7. The number of likely N-dealkylation sites (N-methyl/N-ethyl adjacent to an activating group) is 2. The summed E-state index contributed by atoms with van der Waals surface area (Å²) in [6, 6.07) is 6.43. The van der Waals surface area contributed by atoms with Crippen molar-refractivity contribution in [1.29, 1.82) is 0 Å². The van der Waals surface area contributed by atoms with Gasteiger partial charge >= 0.3 is 6.18 Å². The number of pyridine rings is 1. The summed E-state index contributed by atoms with van der Waals surface area (Å²) in [5, 5.41) is 3.85. The van der Waals surface area contributed by atoms with Crippen molar-refractivity contribution >= 4 is 40.6 Å². The number of alkyl halides is 3. The van der Waals surface area contributed by atoms with Gasteiger partial charge in [-0.3, -0.25) is 19.4 Å². The predicted molar refractivity (Wildman–Crippen MR) is 147 cm³/mol. The van der Waals surface area contributed by atoms with Gasteiger partial charge in [0, 0.05) is 65.0 Å².